The van der Waals surface area contributed by atoms with Crippen molar-refractivity contribution in [2.24, 2.45) is 5.41 Å². The predicted octanol–water partition coefficient (Wildman–Crippen LogP) is -10.4. The van der Waals surface area contributed by atoms with Gasteiger partial charge in [-0.05, 0) is 12.5 Å². The van der Waals surface area contributed by atoms with E-state index in [0.717, 1.165) is 16.7 Å². The first-order chi connectivity index (χ1) is 16.2. The molecule has 6 N–H and O–H groups in total. The van der Waals surface area contributed by atoms with Crippen LogP contribution in [-0.2, 0) is 23.4 Å². The molecule has 194 valence electrons. The number of rotatable bonds is 8. The first kappa shape index (κ1) is 34.4. The number of anilines is 1. The fourth-order valence-corrected chi connectivity index (χ4v) is 5.51. The molecular weight excluding hydrogens is 537 g/mol. The fraction of sp³-hybridized carbons (Fsp3) is 0.579. The van der Waals surface area contributed by atoms with Crippen molar-refractivity contribution in [1.82, 2.24) is 14.9 Å². The zero-order valence-corrected chi connectivity index (χ0v) is 25.3. The van der Waals surface area contributed by atoms with Gasteiger partial charge in [-0.25, -0.2) is 4.79 Å². The number of carboxylic acid groups (broad SMARTS) is 1. The van der Waals surface area contributed by atoms with Crippen LogP contribution in [0.5, 0.6) is 0 Å². The number of aliphatic hydroxyl groups is 3. The van der Waals surface area contributed by atoms with E-state index < -0.39 is 86.5 Å². The summed E-state index contributed by atoms with van der Waals surface area (Å²) in [4.78, 5) is 51.1. The normalized spacial score (nSPS) is 32.5. The summed E-state index contributed by atoms with van der Waals surface area (Å²) in [5, 5.41) is 44.9. The summed E-state index contributed by atoms with van der Waals surface area (Å²) in [6.07, 6.45) is -5.86. The number of nitrogens with one attached hydrogen (secondary N) is 1. The van der Waals surface area contributed by atoms with Gasteiger partial charge in [0.25, 0.3) is 0 Å². The maximum atomic E-state index is 12.6. The van der Waals surface area contributed by atoms with E-state index in [1.54, 1.807) is 0 Å². The number of ether oxygens (including phenoxy) is 1. The van der Waals surface area contributed by atoms with Gasteiger partial charge in [0.15, 0.2) is 6.23 Å². The van der Waals surface area contributed by atoms with Gasteiger partial charge in [0.2, 0.25) is 5.91 Å². The van der Waals surface area contributed by atoms with Crippen molar-refractivity contribution in [3.05, 3.63) is 34.9 Å². The van der Waals surface area contributed by atoms with Gasteiger partial charge in [0.05, 0.1) is 24.7 Å². The number of nitrogens with zero attached hydrogens (tertiary/aromatic N) is 2. The third kappa shape index (κ3) is 8.18. The second-order valence-electron chi connectivity index (χ2n) is 8.45. The summed E-state index contributed by atoms with van der Waals surface area (Å²) < 4.78 is 23.7. The molecule has 1 fully saturated rings. The Labute approximate surface area is 255 Å². The van der Waals surface area contributed by atoms with Crippen molar-refractivity contribution < 1.29 is 108 Å². The second kappa shape index (κ2) is 13.6. The molecule has 0 saturated carbocycles. The average molecular weight is 562 g/mol. The first-order valence-corrected chi connectivity index (χ1v) is 12.1. The van der Waals surface area contributed by atoms with Gasteiger partial charge in [-0.2, -0.15) is 4.98 Å². The summed E-state index contributed by atoms with van der Waals surface area (Å²) in [7, 11) is -4.95. The molecule has 15 nitrogen and oxygen atoms in total. The summed E-state index contributed by atoms with van der Waals surface area (Å²) in [5.74, 6) is -2.35. The Hall–Kier alpha value is -0.650. The van der Waals surface area contributed by atoms with Crippen molar-refractivity contribution in [3.8, 4) is 0 Å². The molecule has 1 aromatic heterocycles. The van der Waals surface area contributed by atoms with E-state index in [0.29, 0.717) is 0 Å². The molecule has 1 amide bonds. The average Bonchev–Trinajstić information content (AvgIpc) is 3.02. The number of hydrogen-bond acceptors (Lipinski definition) is 13. The Morgan fingerprint density at radius 3 is 2.54 bits per heavy atom. The summed E-state index contributed by atoms with van der Waals surface area (Å²) >= 11 is 0. The smallest absolute Gasteiger partial charge is 0.778 e. The summed E-state index contributed by atoms with van der Waals surface area (Å²) in [5.41, 5.74) is 2.38. The van der Waals surface area contributed by atoms with Gasteiger partial charge in [0.1, 0.15) is 31.7 Å². The van der Waals surface area contributed by atoms with Gasteiger partial charge in [-0.3, -0.25) is 9.36 Å². The molecule has 0 radical (unpaired) electrons. The molecule has 37 heavy (non-hydrogen) atoms. The topological polar surface area (TPSA) is 249 Å². The number of carboxylic acids is 1. The van der Waals surface area contributed by atoms with E-state index in [1.807, 2.05) is 0 Å². The largest absolute Gasteiger partial charge is 1.00 e. The second-order valence-corrected chi connectivity index (χ2v) is 10.3. The quantitative estimate of drug-likeness (QED) is 0.112. The Kier molecular flexibility index (Phi) is 12.6. The van der Waals surface area contributed by atoms with Crippen molar-refractivity contribution in [2.45, 2.75) is 50.0 Å². The number of aliphatic hydroxyl groups excluding tert-OH is 3. The zero-order valence-electron chi connectivity index (χ0n) is 20.4. The number of hydrogen-bond donors (Lipinski definition) is 5. The van der Waals surface area contributed by atoms with Crippen molar-refractivity contribution >= 4 is 25.3 Å². The van der Waals surface area contributed by atoms with Crippen LogP contribution in [0, 0.1) is 5.41 Å². The molecule has 1 saturated heterocycles. The van der Waals surface area contributed by atoms with Gasteiger partial charge in [-0.1, -0.05) is 12.2 Å². The van der Waals surface area contributed by atoms with Gasteiger partial charge >= 0.3 is 64.8 Å². The van der Waals surface area contributed by atoms with E-state index in [1.165, 1.54) is 19.2 Å². The van der Waals surface area contributed by atoms with E-state index in [2.05, 4.69) is 10.3 Å². The molecule has 0 bridgehead atoms. The van der Waals surface area contributed by atoms with Gasteiger partial charge in [-0.15, -0.1) is 0 Å². The van der Waals surface area contributed by atoms with Crippen LogP contribution in [0.2, 0.25) is 0 Å². The number of aliphatic carboxylic acids is 1. The molecule has 1 aliphatic heterocycles. The van der Waals surface area contributed by atoms with Crippen LogP contribution >= 0.6 is 7.60 Å². The maximum Gasteiger partial charge on any atom is 1.00 e. The molecule has 18 heteroatoms. The van der Waals surface area contributed by atoms with Crippen LogP contribution in [-0.4, -0.2) is 80.0 Å². The number of aromatic nitrogens is 2. The molecule has 1 aliphatic carbocycles. The van der Waals surface area contributed by atoms with Crippen LogP contribution < -0.4 is 85.9 Å². The van der Waals surface area contributed by atoms with Crippen molar-refractivity contribution in [1.29, 1.82) is 0 Å². The minimum Gasteiger partial charge on any atom is -0.778 e. The molecule has 0 aromatic carbocycles. The van der Waals surface area contributed by atoms with Crippen LogP contribution in [0.25, 0.3) is 0 Å². The Bertz CT molecular complexity index is 1120. The first-order valence-electron chi connectivity index (χ1n) is 10.4. The fourth-order valence-electron chi connectivity index (χ4n) is 3.99. The SMILES string of the molecule is CC(=O)N[C@H]1C=C[C@](CP(=O)([O-])OC[C@H]2O[C@@H](n3ccc(N)nc3=O)[C@H](O)[C@@H]2O)(C(=O)[O-])C[C@H]1O.[Na+].[Na+]. The van der Waals surface area contributed by atoms with E-state index in [4.69, 9.17) is 15.0 Å². The summed E-state index contributed by atoms with van der Waals surface area (Å²) in [6.45, 7) is 0.387. The zero-order chi connectivity index (χ0) is 26.1. The number of carbonyl (C=O) groups excluding carboxylic acids is 2. The van der Waals surface area contributed by atoms with E-state index >= 15 is 0 Å². The molecular formula is C19H25N4Na2O11P. The van der Waals surface area contributed by atoms with Crippen LogP contribution in [0.4, 0.5) is 5.82 Å². The molecule has 2 heterocycles. The monoisotopic (exact) mass is 562 g/mol. The van der Waals surface area contributed by atoms with E-state index in [9.17, 15) is 44.3 Å². The predicted molar refractivity (Wildman–Crippen MR) is 112 cm³/mol. The standard InChI is InChI=1S/C19H27N4O11P.2Na/c1-9(24)21-10-2-4-19(17(28)29,6-11(10)25)8-35(31,32)33-7-12-14(26)15(27)16(34-12)23-5-3-13(20)22-18(23)30;;/h2-5,10-12,14-16,25-27H,6-8H2,1H3,(H,21,24)(H,28,29)(H,31,32)(H2,20,22,30);;/q;2*+1/p-2/t10-,11+,12+,14+,15+,16+,19-;;/m0../s1. The molecule has 1 aromatic rings. The number of amides is 1. The van der Waals surface area contributed by atoms with Crippen LogP contribution in [0.3, 0.4) is 0 Å². The minimum absolute atomic E-state index is 0. The Morgan fingerprint density at radius 2 is 2.00 bits per heavy atom. The number of carbonyl (C=O) groups is 2. The molecule has 1 unspecified atom stereocenters. The van der Waals surface area contributed by atoms with Gasteiger partial charge in [0, 0.05) is 24.7 Å². The van der Waals surface area contributed by atoms with Gasteiger partial charge < -0.3 is 55.0 Å². The molecule has 2 aliphatic rings. The molecule has 8 atom stereocenters. The third-order valence-electron chi connectivity index (χ3n) is 5.76. The minimum atomic E-state index is -4.95. The van der Waals surface area contributed by atoms with E-state index in [-0.39, 0.29) is 64.9 Å². The van der Waals surface area contributed by atoms with Crippen molar-refractivity contribution in [2.75, 3.05) is 18.5 Å². The molecule has 3 rings (SSSR count). The summed E-state index contributed by atoms with van der Waals surface area (Å²) in [6, 6.07) is 0.334. The number of nitrogen functional groups attached to an aromatic ring is 1. The Morgan fingerprint density at radius 1 is 1.35 bits per heavy atom. The Balaban J connectivity index is 0.00000342. The number of nitrogens with two attached hydrogens (primary N) is 1. The third-order valence-corrected chi connectivity index (χ3v) is 7.26. The van der Waals surface area contributed by atoms with Crippen LogP contribution in [0.1, 0.15) is 19.6 Å². The van der Waals surface area contributed by atoms with Crippen LogP contribution in [0.15, 0.2) is 29.2 Å². The maximum absolute atomic E-state index is 12.6. The van der Waals surface area contributed by atoms with Crippen molar-refractivity contribution in [3.63, 3.8) is 0 Å². The molecule has 0 spiro atoms.